The Bertz CT molecular complexity index is 968. The van der Waals surface area contributed by atoms with Gasteiger partial charge in [-0.2, -0.15) is 0 Å². The van der Waals surface area contributed by atoms with E-state index in [-0.39, 0.29) is 18.5 Å². The van der Waals surface area contributed by atoms with E-state index in [1.165, 1.54) is 5.56 Å². The van der Waals surface area contributed by atoms with E-state index in [9.17, 15) is 9.59 Å². The van der Waals surface area contributed by atoms with Gasteiger partial charge in [-0.25, -0.2) is 0 Å². The summed E-state index contributed by atoms with van der Waals surface area (Å²) in [6.07, 6.45) is 4.42. The Morgan fingerprint density at radius 2 is 1.90 bits per heavy atom. The van der Waals surface area contributed by atoms with E-state index < -0.39 is 23.5 Å². The molecule has 0 radical (unpaired) electrons. The van der Waals surface area contributed by atoms with E-state index >= 15 is 0 Å². The van der Waals surface area contributed by atoms with Gasteiger partial charge in [0.15, 0.2) is 0 Å². The van der Waals surface area contributed by atoms with Crippen LogP contribution in [0.25, 0.3) is 0 Å². The molecule has 0 aromatic heterocycles. The summed E-state index contributed by atoms with van der Waals surface area (Å²) in [7, 11) is 0. The molecule has 5 rings (SSSR count). The second-order valence-electron chi connectivity index (χ2n) is 7.94. The van der Waals surface area contributed by atoms with Crippen molar-refractivity contribution in [3.05, 3.63) is 77.9 Å². The molecule has 1 spiro atoms. The molecule has 0 saturated carbocycles. The molecule has 29 heavy (non-hydrogen) atoms. The first-order valence-electron chi connectivity index (χ1n) is 10.1. The lowest BCUT2D eigenvalue weighted by Crippen LogP contribution is -2.40. The summed E-state index contributed by atoms with van der Waals surface area (Å²) in [4.78, 5) is 28.0. The van der Waals surface area contributed by atoms with E-state index in [1.54, 1.807) is 4.90 Å². The van der Waals surface area contributed by atoms with E-state index in [2.05, 4.69) is 6.92 Å². The van der Waals surface area contributed by atoms with Gasteiger partial charge in [0, 0.05) is 5.69 Å². The highest BCUT2D eigenvalue weighted by Crippen LogP contribution is 2.52. The molecule has 2 fully saturated rings. The number of amides is 1. The SMILES string of the molecule is CCc1ccc(N2C[C@@]34C=C[C@@H](O3)[C@H](C(=O)OCc3ccccc3)[C@@H]4C2=O)cc1. The summed E-state index contributed by atoms with van der Waals surface area (Å²) in [5.74, 6) is -1.57. The summed E-state index contributed by atoms with van der Waals surface area (Å²) in [5, 5.41) is 0. The van der Waals surface area contributed by atoms with Crippen LogP contribution in [0.5, 0.6) is 0 Å². The maximum atomic E-state index is 13.3. The minimum Gasteiger partial charge on any atom is -0.460 e. The second kappa shape index (κ2) is 6.85. The topological polar surface area (TPSA) is 55.8 Å². The third kappa shape index (κ3) is 2.88. The molecule has 0 aliphatic carbocycles. The number of aryl methyl sites for hydroxylation is 1. The molecule has 148 valence electrons. The first-order valence-corrected chi connectivity index (χ1v) is 10.1. The lowest BCUT2D eigenvalue weighted by atomic mass is 9.77. The summed E-state index contributed by atoms with van der Waals surface area (Å²) in [5.41, 5.74) is 2.25. The largest absolute Gasteiger partial charge is 0.460 e. The molecule has 0 unspecified atom stereocenters. The number of ether oxygens (including phenoxy) is 2. The molecular formula is C24H23NO4. The minimum absolute atomic E-state index is 0.0669. The first kappa shape index (κ1) is 18.1. The highest BCUT2D eigenvalue weighted by Gasteiger charge is 2.67. The fourth-order valence-electron chi connectivity index (χ4n) is 4.72. The van der Waals surface area contributed by atoms with Gasteiger partial charge < -0.3 is 14.4 Å². The number of benzene rings is 2. The van der Waals surface area contributed by atoms with Crippen LogP contribution in [0.3, 0.4) is 0 Å². The van der Waals surface area contributed by atoms with Crippen LogP contribution in [-0.4, -0.2) is 30.1 Å². The molecule has 4 atom stereocenters. The monoisotopic (exact) mass is 389 g/mol. The van der Waals surface area contributed by atoms with Crippen molar-refractivity contribution in [3.8, 4) is 0 Å². The van der Waals surface area contributed by atoms with Crippen LogP contribution >= 0.6 is 0 Å². The highest BCUT2D eigenvalue weighted by atomic mass is 16.6. The lowest BCUT2D eigenvalue weighted by molar-refractivity contribution is -0.153. The third-order valence-corrected chi connectivity index (χ3v) is 6.25. The third-order valence-electron chi connectivity index (χ3n) is 6.25. The maximum absolute atomic E-state index is 13.3. The van der Waals surface area contributed by atoms with Gasteiger partial charge in [0.05, 0.1) is 18.6 Å². The van der Waals surface area contributed by atoms with Crippen LogP contribution in [0, 0.1) is 11.8 Å². The Kier molecular flexibility index (Phi) is 4.28. The summed E-state index contributed by atoms with van der Waals surface area (Å²) in [6, 6.07) is 17.6. The van der Waals surface area contributed by atoms with Crippen LogP contribution in [0.2, 0.25) is 0 Å². The standard InChI is InChI=1S/C24H23NO4/c1-2-16-8-10-18(11-9-16)25-15-24-13-12-19(29-24)20(21(24)22(25)26)23(27)28-14-17-6-4-3-5-7-17/h3-13,19-21H,2,14-15H2,1H3/t19-,20+,21-,24-/m1/s1. The van der Waals surface area contributed by atoms with Crippen molar-refractivity contribution in [2.75, 3.05) is 11.4 Å². The van der Waals surface area contributed by atoms with Gasteiger partial charge in [-0.3, -0.25) is 9.59 Å². The van der Waals surface area contributed by atoms with E-state index in [0.717, 1.165) is 17.7 Å². The van der Waals surface area contributed by atoms with Crippen molar-refractivity contribution in [2.45, 2.75) is 31.7 Å². The number of hydrogen-bond acceptors (Lipinski definition) is 4. The molecule has 5 heteroatoms. The Balaban J connectivity index is 1.37. The Morgan fingerprint density at radius 1 is 1.14 bits per heavy atom. The highest BCUT2D eigenvalue weighted by molar-refractivity contribution is 6.02. The van der Waals surface area contributed by atoms with E-state index in [0.29, 0.717) is 6.54 Å². The molecule has 0 N–H and O–H groups in total. The number of hydrogen-bond donors (Lipinski definition) is 0. The van der Waals surface area contributed by atoms with Crippen LogP contribution < -0.4 is 4.90 Å². The quantitative estimate of drug-likeness (QED) is 0.582. The lowest BCUT2D eigenvalue weighted by Gasteiger charge is -2.22. The van der Waals surface area contributed by atoms with Crippen LogP contribution in [0.15, 0.2) is 66.7 Å². The van der Waals surface area contributed by atoms with Crippen molar-refractivity contribution in [1.29, 1.82) is 0 Å². The van der Waals surface area contributed by atoms with Crippen molar-refractivity contribution >= 4 is 17.6 Å². The maximum Gasteiger partial charge on any atom is 0.313 e. The Morgan fingerprint density at radius 3 is 2.62 bits per heavy atom. The van der Waals surface area contributed by atoms with Crippen molar-refractivity contribution in [1.82, 2.24) is 0 Å². The Labute approximate surface area is 169 Å². The molecule has 3 aliphatic heterocycles. The van der Waals surface area contributed by atoms with E-state index in [4.69, 9.17) is 9.47 Å². The molecule has 5 nitrogen and oxygen atoms in total. The first-order chi connectivity index (χ1) is 14.1. The van der Waals surface area contributed by atoms with Crippen molar-refractivity contribution in [2.24, 2.45) is 11.8 Å². The van der Waals surface area contributed by atoms with Gasteiger partial charge in [-0.05, 0) is 29.7 Å². The summed E-state index contributed by atoms with van der Waals surface area (Å²) in [6.45, 7) is 2.72. The van der Waals surface area contributed by atoms with Crippen molar-refractivity contribution in [3.63, 3.8) is 0 Å². The number of nitrogens with zero attached hydrogens (tertiary/aromatic N) is 1. The van der Waals surface area contributed by atoms with Gasteiger partial charge in [0.2, 0.25) is 5.91 Å². The van der Waals surface area contributed by atoms with Crippen LogP contribution in [0.4, 0.5) is 5.69 Å². The fourth-order valence-corrected chi connectivity index (χ4v) is 4.72. The number of carbonyl (C=O) groups is 2. The summed E-state index contributed by atoms with van der Waals surface area (Å²) < 4.78 is 11.7. The molecule has 2 bridgehead atoms. The minimum atomic E-state index is -0.735. The smallest absolute Gasteiger partial charge is 0.313 e. The summed E-state index contributed by atoms with van der Waals surface area (Å²) >= 11 is 0. The molecule has 2 saturated heterocycles. The average Bonchev–Trinajstić information content (AvgIpc) is 3.41. The zero-order chi connectivity index (χ0) is 20.0. The van der Waals surface area contributed by atoms with E-state index in [1.807, 2.05) is 66.7 Å². The van der Waals surface area contributed by atoms with Gasteiger partial charge in [-0.1, -0.05) is 61.5 Å². The predicted octanol–water partition coefficient (Wildman–Crippen LogP) is 3.28. The molecule has 2 aromatic rings. The molecule has 2 aromatic carbocycles. The fraction of sp³-hybridized carbons (Fsp3) is 0.333. The number of fused-ring (bicyclic) bond motifs is 1. The molecular weight excluding hydrogens is 366 g/mol. The number of rotatable bonds is 5. The zero-order valence-electron chi connectivity index (χ0n) is 16.3. The van der Waals surface area contributed by atoms with Crippen LogP contribution in [-0.2, 0) is 32.1 Å². The predicted molar refractivity (Wildman–Crippen MR) is 108 cm³/mol. The van der Waals surface area contributed by atoms with Crippen molar-refractivity contribution < 1.29 is 19.1 Å². The average molecular weight is 389 g/mol. The number of esters is 1. The molecule has 1 amide bonds. The van der Waals surface area contributed by atoms with Gasteiger partial charge in [0.1, 0.15) is 18.1 Å². The van der Waals surface area contributed by atoms with Gasteiger partial charge in [-0.15, -0.1) is 0 Å². The number of carbonyl (C=O) groups excluding carboxylic acids is 2. The van der Waals surface area contributed by atoms with Crippen LogP contribution in [0.1, 0.15) is 18.1 Å². The molecule has 3 aliphatic rings. The Hall–Kier alpha value is -2.92. The zero-order valence-corrected chi connectivity index (χ0v) is 16.3. The normalized spacial score (nSPS) is 29.3. The van der Waals surface area contributed by atoms with Gasteiger partial charge in [0.25, 0.3) is 0 Å². The second-order valence-corrected chi connectivity index (χ2v) is 7.94. The van der Waals surface area contributed by atoms with Gasteiger partial charge >= 0.3 is 5.97 Å². The molecule has 3 heterocycles. The number of anilines is 1.